The number of imidazole rings is 1. The van der Waals surface area contributed by atoms with Crippen LogP contribution in [0.2, 0.25) is 0 Å². The van der Waals surface area contributed by atoms with Gasteiger partial charge in [-0.15, -0.1) is 0 Å². The molecule has 0 spiro atoms. The van der Waals surface area contributed by atoms with Crippen molar-refractivity contribution in [3.05, 3.63) is 64.8 Å². The zero-order valence-electron chi connectivity index (χ0n) is 16.1. The summed E-state index contributed by atoms with van der Waals surface area (Å²) in [6.45, 7) is 3.55. The van der Waals surface area contributed by atoms with Crippen molar-refractivity contribution in [1.82, 2.24) is 14.0 Å². The number of aromatic nitrogens is 2. The van der Waals surface area contributed by atoms with Crippen molar-refractivity contribution in [1.29, 1.82) is 0 Å². The highest BCUT2D eigenvalue weighted by Crippen LogP contribution is 2.13. The van der Waals surface area contributed by atoms with E-state index in [1.165, 1.54) is 12.1 Å². The van der Waals surface area contributed by atoms with Crippen molar-refractivity contribution in [2.45, 2.75) is 26.4 Å². The molecule has 1 heterocycles. The molecule has 2 aromatic carbocycles. The first-order valence-electron chi connectivity index (χ1n) is 9.31. The van der Waals surface area contributed by atoms with Crippen LogP contribution in [0.3, 0.4) is 0 Å². The van der Waals surface area contributed by atoms with E-state index >= 15 is 0 Å². The maximum atomic E-state index is 12.9. The number of hydrogen-bond acceptors (Lipinski definition) is 3. The number of para-hydroxylation sites is 2. The van der Waals surface area contributed by atoms with Gasteiger partial charge in [0.15, 0.2) is 0 Å². The van der Waals surface area contributed by atoms with Gasteiger partial charge in [-0.25, -0.2) is 9.18 Å². The van der Waals surface area contributed by atoms with E-state index in [4.69, 9.17) is 4.74 Å². The number of hydrogen-bond donors (Lipinski definition) is 0. The number of rotatable bonds is 8. The van der Waals surface area contributed by atoms with E-state index in [1.54, 1.807) is 33.2 Å². The largest absolute Gasteiger partial charge is 0.492 e. The molecule has 28 heavy (non-hydrogen) atoms. The summed E-state index contributed by atoms with van der Waals surface area (Å²) in [5.41, 5.74) is 1.62. The Morgan fingerprint density at radius 2 is 1.71 bits per heavy atom. The molecule has 0 fully saturated rings. The summed E-state index contributed by atoms with van der Waals surface area (Å²) in [5.74, 6) is 0.170. The topological polar surface area (TPSA) is 56.5 Å². The Morgan fingerprint density at radius 3 is 2.36 bits per heavy atom. The quantitative estimate of drug-likeness (QED) is 0.599. The van der Waals surface area contributed by atoms with Crippen LogP contribution in [0.25, 0.3) is 11.0 Å². The third-order valence-electron chi connectivity index (χ3n) is 4.73. The lowest BCUT2D eigenvalue weighted by atomic mass is 10.3. The van der Waals surface area contributed by atoms with Gasteiger partial charge >= 0.3 is 5.69 Å². The fourth-order valence-corrected chi connectivity index (χ4v) is 3.15. The standard InChI is InChI=1S/C21H24FN3O3/c1-3-24-18-6-4-5-7-19(18)25(21(24)27)13-12-20(26)23(2)14-15-28-17-10-8-16(22)9-11-17/h4-11H,3,12-15H2,1-2H3. The lowest BCUT2D eigenvalue weighted by Crippen LogP contribution is -2.32. The number of nitrogens with zero attached hydrogens (tertiary/aromatic N) is 3. The van der Waals surface area contributed by atoms with Gasteiger partial charge in [0.05, 0.1) is 17.6 Å². The van der Waals surface area contributed by atoms with Gasteiger partial charge in [-0.3, -0.25) is 13.9 Å². The summed E-state index contributed by atoms with van der Waals surface area (Å²) in [4.78, 5) is 26.6. The Bertz CT molecular complexity index is 1010. The molecular weight excluding hydrogens is 361 g/mol. The van der Waals surface area contributed by atoms with Gasteiger partial charge in [0, 0.05) is 26.6 Å². The highest BCUT2D eigenvalue weighted by Gasteiger charge is 2.14. The Hall–Kier alpha value is -3.09. The van der Waals surface area contributed by atoms with Crippen LogP contribution in [0.1, 0.15) is 13.3 Å². The second-order valence-electron chi connectivity index (χ2n) is 6.53. The highest BCUT2D eigenvalue weighted by atomic mass is 19.1. The number of amides is 1. The minimum Gasteiger partial charge on any atom is -0.492 e. The normalized spacial score (nSPS) is 11.0. The molecule has 0 radical (unpaired) electrons. The molecular formula is C21H24FN3O3. The lowest BCUT2D eigenvalue weighted by molar-refractivity contribution is -0.130. The Balaban J connectivity index is 1.56. The molecule has 7 heteroatoms. The molecule has 0 saturated heterocycles. The Labute approximate surface area is 162 Å². The predicted octanol–water partition coefficient (Wildman–Crippen LogP) is 2.89. The zero-order chi connectivity index (χ0) is 20.1. The first-order valence-corrected chi connectivity index (χ1v) is 9.31. The van der Waals surface area contributed by atoms with Crippen molar-refractivity contribution < 1.29 is 13.9 Å². The average Bonchev–Trinajstić information content (AvgIpc) is 2.98. The number of fused-ring (bicyclic) bond motifs is 1. The number of ether oxygens (including phenoxy) is 1. The molecule has 0 saturated carbocycles. The van der Waals surface area contributed by atoms with Gasteiger partial charge in [0.1, 0.15) is 18.2 Å². The van der Waals surface area contributed by atoms with Crippen LogP contribution in [0, 0.1) is 5.82 Å². The minimum atomic E-state index is -0.320. The van der Waals surface area contributed by atoms with Crippen LogP contribution in [0.5, 0.6) is 5.75 Å². The summed E-state index contributed by atoms with van der Waals surface area (Å²) in [5, 5.41) is 0. The molecule has 0 bridgehead atoms. The summed E-state index contributed by atoms with van der Waals surface area (Å²) < 4.78 is 21.8. The minimum absolute atomic E-state index is 0.0667. The van der Waals surface area contributed by atoms with Gasteiger partial charge in [0.2, 0.25) is 5.91 Å². The lowest BCUT2D eigenvalue weighted by Gasteiger charge is -2.17. The van der Waals surface area contributed by atoms with Crippen molar-refractivity contribution in [3.8, 4) is 5.75 Å². The summed E-state index contributed by atoms with van der Waals surface area (Å²) in [6, 6.07) is 13.4. The fraction of sp³-hybridized carbons (Fsp3) is 0.333. The maximum absolute atomic E-state index is 12.9. The number of carbonyl (C=O) groups excluding carboxylic acids is 1. The Morgan fingerprint density at radius 1 is 1.07 bits per heavy atom. The summed E-state index contributed by atoms with van der Waals surface area (Å²) in [6.07, 6.45) is 0.227. The van der Waals surface area contributed by atoms with E-state index in [9.17, 15) is 14.0 Å². The maximum Gasteiger partial charge on any atom is 0.329 e. The van der Waals surface area contributed by atoms with E-state index < -0.39 is 0 Å². The van der Waals surface area contributed by atoms with Gasteiger partial charge in [-0.1, -0.05) is 12.1 Å². The molecule has 0 N–H and O–H groups in total. The van der Waals surface area contributed by atoms with Gasteiger partial charge in [0.25, 0.3) is 0 Å². The second-order valence-corrected chi connectivity index (χ2v) is 6.53. The molecule has 0 atom stereocenters. The van der Waals surface area contributed by atoms with Crippen LogP contribution >= 0.6 is 0 Å². The third kappa shape index (κ3) is 4.24. The van der Waals surface area contributed by atoms with Crippen LogP contribution in [-0.4, -0.2) is 40.1 Å². The smallest absolute Gasteiger partial charge is 0.329 e. The zero-order valence-corrected chi connectivity index (χ0v) is 16.1. The van der Waals surface area contributed by atoms with E-state index in [1.807, 2.05) is 31.2 Å². The molecule has 3 aromatic rings. The van der Waals surface area contributed by atoms with E-state index in [0.717, 1.165) is 11.0 Å². The molecule has 3 rings (SSSR count). The first-order chi connectivity index (χ1) is 13.5. The monoisotopic (exact) mass is 385 g/mol. The molecule has 0 unspecified atom stereocenters. The molecule has 0 aliphatic heterocycles. The van der Waals surface area contributed by atoms with Crippen LogP contribution in [0.4, 0.5) is 4.39 Å². The Kier molecular flexibility index (Phi) is 6.13. The van der Waals surface area contributed by atoms with Gasteiger partial charge in [-0.05, 0) is 43.3 Å². The van der Waals surface area contributed by atoms with Crippen LogP contribution in [0.15, 0.2) is 53.3 Å². The average molecular weight is 385 g/mol. The van der Waals surface area contributed by atoms with Crippen molar-refractivity contribution >= 4 is 16.9 Å². The fourth-order valence-electron chi connectivity index (χ4n) is 3.15. The number of carbonyl (C=O) groups is 1. The van der Waals surface area contributed by atoms with E-state index in [0.29, 0.717) is 32.0 Å². The molecule has 1 aromatic heterocycles. The molecule has 0 aliphatic rings. The van der Waals surface area contributed by atoms with E-state index in [2.05, 4.69) is 0 Å². The number of likely N-dealkylation sites (N-methyl/N-ethyl adjacent to an activating group) is 1. The third-order valence-corrected chi connectivity index (χ3v) is 4.73. The van der Waals surface area contributed by atoms with Gasteiger partial charge < -0.3 is 9.64 Å². The molecule has 0 aliphatic carbocycles. The van der Waals surface area contributed by atoms with Crippen molar-refractivity contribution in [3.63, 3.8) is 0 Å². The number of aryl methyl sites for hydroxylation is 2. The number of benzene rings is 2. The second kappa shape index (κ2) is 8.73. The molecule has 148 valence electrons. The summed E-state index contributed by atoms with van der Waals surface area (Å²) >= 11 is 0. The predicted molar refractivity (Wildman–Crippen MR) is 106 cm³/mol. The van der Waals surface area contributed by atoms with E-state index in [-0.39, 0.29) is 23.8 Å². The highest BCUT2D eigenvalue weighted by molar-refractivity contribution is 5.78. The van der Waals surface area contributed by atoms with Crippen molar-refractivity contribution in [2.24, 2.45) is 0 Å². The summed E-state index contributed by atoms with van der Waals surface area (Å²) in [7, 11) is 1.70. The van der Waals surface area contributed by atoms with Crippen molar-refractivity contribution in [2.75, 3.05) is 20.2 Å². The first kappa shape index (κ1) is 19.7. The molecule has 1 amide bonds. The van der Waals surface area contributed by atoms with Crippen LogP contribution < -0.4 is 10.4 Å². The SMILES string of the molecule is CCn1c(=O)n(CCC(=O)N(C)CCOc2ccc(F)cc2)c2ccccc21. The number of halogens is 1. The molecule has 6 nitrogen and oxygen atoms in total. The van der Waals surface area contributed by atoms with Gasteiger partial charge in [-0.2, -0.15) is 0 Å². The van der Waals surface area contributed by atoms with Crippen LogP contribution in [-0.2, 0) is 17.9 Å².